The molecule has 0 spiro atoms. The van der Waals surface area contributed by atoms with E-state index in [1.54, 1.807) is 0 Å². The van der Waals surface area contributed by atoms with Gasteiger partial charge in [0.05, 0.1) is 6.42 Å². The number of carboxylic acids is 1. The van der Waals surface area contributed by atoms with Crippen molar-refractivity contribution in [3.05, 3.63) is 82.8 Å². The first-order valence-electron chi connectivity index (χ1n) is 7.33. The first kappa shape index (κ1) is 17.1. The van der Waals surface area contributed by atoms with Gasteiger partial charge >= 0.3 is 5.97 Å². The fourth-order valence-corrected chi connectivity index (χ4v) is 3.12. The first-order valence-corrected chi connectivity index (χ1v) is 8.56. The molecule has 0 amide bonds. The molecule has 0 heterocycles. The summed E-state index contributed by atoms with van der Waals surface area (Å²) in [6.07, 6.45) is 1.90. The van der Waals surface area contributed by atoms with Gasteiger partial charge in [-0.05, 0) is 35.5 Å². The van der Waals surface area contributed by atoms with Gasteiger partial charge in [0.1, 0.15) is 0 Å². The number of aliphatic carboxylic acids is 1. The lowest BCUT2D eigenvalue weighted by molar-refractivity contribution is -0.136. The second-order valence-corrected chi connectivity index (χ2v) is 6.18. The van der Waals surface area contributed by atoms with E-state index < -0.39 is 5.97 Å². The SMILES string of the molecule is C=C(/C(=C(/CC(=O)O)SC)c1ccc(C)cc1)c1ccccc1. The van der Waals surface area contributed by atoms with Crippen LogP contribution in [0.15, 0.2) is 66.1 Å². The van der Waals surface area contributed by atoms with Crippen molar-refractivity contribution in [2.75, 3.05) is 6.26 Å². The monoisotopic (exact) mass is 324 g/mol. The highest BCUT2D eigenvalue weighted by atomic mass is 32.2. The van der Waals surface area contributed by atoms with Crippen molar-refractivity contribution in [1.82, 2.24) is 0 Å². The van der Waals surface area contributed by atoms with E-state index in [2.05, 4.69) is 6.58 Å². The van der Waals surface area contributed by atoms with Crippen LogP contribution in [0, 0.1) is 6.92 Å². The fourth-order valence-electron chi connectivity index (χ4n) is 2.41. The number of benzene rings is 2. The van der Waals surface area contributed by atoms with Crippen LogP contribution >= 0.6 is 11.8 Å². The van der Waals surface area contributed by atoms with Gasteiger partial charge in [-0.3, -0.25) is 4.79 Å². The predicted molar refractivity (Wildman–Crippen MR) is 99.3 cm³/mol. The van der Waals surface area contributed by atoms with E-state index >= 15 is 0 Å². The number of carboxylic acid groups (broad SMARTS) is 1. The average Bonchev–Trinajstić information content (AvgIpc) is 2.56. The topological polar surface area (TPSA) is 37.3 Å². The molecular weight excluding hydrogens is 304 g/mol. The van der Waals surface area contributed by atoms with Crippen LogP contribution < -0.4 is 0 Å². The van der Waals surface area contributed by atoms with Crippen molar-refractivity contribution in [2.45, 2.75) is 13.3 Å². The smallest absolute Gasteiger partial charge is 0.308 e. The zero-order valence-electron chi connectivity index (χ0n) is 13.4. The third-order valence-corrected chi connectivity index (χ3v) is 4.44. The molecule has 0 unspecified atom stereocenters. The van der Waals surface area contributed by atoms with Crippen LogP contribution in [0.4, 0.5) is 0 Å². The number of aryl methyl sites for hydroxylation is 1. The van der Waals surface area contributed by atoms with Gasteiger partial charge in [-0.1, -0.05) is 66.7 Å². The van der Waals surface area contributed by atoms with Crippen molar-refractivity contribution >= 4 is 28.9 Å². The summed E-state index contributed by atoms with van der Waals surface area (Å²) in [5, 5.41) is 9.23. The van der Waals surface area contributed by atoms with Gasteiger partial charge < -0.3 is 5.11 Å². The van der Waals surface area contributed by atoms with Crippen LogP contribution in [0.2, 0.25) is 0 Å². The Balaban J connectivity index is 2.59. The quantitative estimate of drug-likeness (QED) is 0.737. The van der Waals surface area contributed by atoms with E-state index in [0.717, 1.165) is 27.2 Å². The van der Waals surface area contributed by atoms with Crippen molar-refractivity contribution in [3.8, 4) is 0 Å². The van der Waals surface area contributed by atoms with Crippen molar-refractivity contribution in [1.29, 1.82) is 0 Å². The molecule has 2 aromatic rings. The fraction of sp³-hybridized carbons (Fsp3) is 0.150. The number of rotatable bonds is 6. The Kier molecular flexibility index (Phi) is 5.83. The van der Waals surface area contributed by atoms with Crippen molar-refractivity contribution < 1.29 is 9.90 Å². The Morgan fingerprint density at radius 2 is 1.65 bits per heavy atom. The van der Waals surface area contributed by atoms with Crippen LogP contribution in [0.3, 0.4) is 0 Å². The maximum Gasteiger partial charge on any atom is 0.308 e. The maximum atomic E-state index is 11.2. The van der Waals surface area contributed by atoms with Gasteiger partial charge in [0.2, 0.25) is 0 Å². The van der Waals surface area contributed by atoms with E-state index in [-0.39, 0.29) is 6.42 Å². The Labute approximate surface area is 141 Å². The molecule has 0 aliphatic heterocycles. The minimum absolute atomic E-state index is 0.00374. The lowest BCUT2D eigenvalue weighted by Gasteiger charge is -2.16. The molecule has 118 valence electrons. The maximum absolute atomic E-state index is 11.2. The van der Waals surface area contributed by atoms with Crippen molar-refractivity contribution in [2.24, 2.45) is 0 Å². The van der Waals surface area contributed by atoms with Crippen LogP contribution in [0.25, 0.3) is 11.1 Å². The molecule has 0 saturated heterocycles. The van der Waals surface area contributed by atoms with E-state index in [9.17, 15) is 9.90 Å². The van der Waals surface area contributed by atoms with Gasteiger partial charge in [-0.15, -0.1) is 11.8 Å². The van der Waals surface area contributed by atoms with Crippen LogP contribution in [0.1, 0.15) is 23.1 Å². The minimum Gasteiger partial charge on any atom is -0.481 e. The van der Waals surface area contributed by atoms with Gasteiger partial charge in [0, 0.05) is 4.91 Å². The molecule has 1 N–H and O–H groups in total. The highest BCUT2D eigenvalue weighted by molar-refractivity contribution is 8.02. The summed E-state index contributed by atoms with van der Waals surface area (Å²) < 4.78 is 0. The van der Waals surface area contributed by atoms with E-state index in [0.29, 0.717) is 0 Å². The van der Waals surface area contributed by atoms with E-state index in [1.165, 1.54) is 17.3 Å². The first-order chi connectivity index (χ1) is 11.0. The second-order valence-electron chi connectivity index (χ2n) is 5.28. The zero-order valence-corrected chi connectivity index (χ0v) is 14.2. The van der Waals surface area contributed by atoms with Gasteiger partial charge in [-0.2, -0.15) is 0 Å². The van der Waals surface area contributed by atoms with E-state index in [1.807, 2.05) is 67.8 Å². The standard InChI is InChI=1S/C20H20O2S/c1-14-9-11-17(12-10-14)20(18(23-3)13-19(21)22)15(2)16-7-5-4-6-8-16/h4-12H,2,13H2,1,3H3,(H,21,22)/b20-18+. The molecule has 0 atom stereocenters. The summed E-state index contributed by atoms with van der Waals surface area (Å²) in [6, 6.07) is 18.0. The number of hydrogen-bond donors (Lipinski definition) is 1. The van der Waals surface area contributed by atoms with Crippen molar-refractivity contribution in [3.63, 3.8) is 0 Å². The summed E-state index contributed by atoms with van der Waals surface area (Å²) in [6.45, 7) is 6.27. The lowest BCUT2D eigenvalue weighted by Crippen LogP contribution is -2.00. The molecule has 0 aliphatic carbocycles. The Morgan fingerprint density at radius 1 is 1.04 bits per heavy atom. The molecule has 2 aromatic carbocycles. The molecule has 2 nitrogen and oxygen atoms in total. The number of carbonyl (C=O) groups is 1. The molecule has 0 radical (unpaired) electrons. The van der Waals surface area contributed by atoms with Crippen LogP contribution in [0.5, 0.6) is 0 Å². The summed E-state index contributed by atoms with van der Waals surface area (Å²) >= 11 is 1.47. The molecule has 0 saturated carbocycles. The average molecular weight is 324 g/mol. The summed E-state index contributed by atoms with van der Waals surface area (Å²) in [4.78, 5) is 12.1. The second kappa shape index (κ2) is 7.84. The normalized spacial score (nSPS) is 11.7. The summed E-state index contributed by atoms with van der Waals surface area (Å²) in [5.41, 5.74) is 4.92. The third-order valence-electron chi connectivity index (χ3n) is 3.60. The molecular formula is C20H20O2S. The Morgan fingerprint density at radius 3 is 2.17 bits per heavy atom. The molecule has 0 aliphatic rings. The molecule has 2 rings (SSSR count). The Hall–Kier alpha value is -2.26. The van der Waals surface area contributed by atoms with Gasteiger partial charge in [-0.25, -0.2) is 0 Å². The van der Waals surface area contributed by atoms with E-state index in [4.69, 9.17) is 0 Å². The zero-order chi connectivity index (χ0) is 16.8. The highest BCUT2D eigenvalue weighted by Gasteiger charge is 2.16. The largest absolute Gasteiger partial charge is 0.481 e. The number of thioether (sulfide) groups is 1. The third kappa shape index (κ3) is 4.36. The predicted octanol–water partition coefficient (Wildman–Crippen LogP) is 5.26. The Bertz CT molecular complexity index is 728. The minimum atomic E-state index is -0.833. The van der Waals surface area contributed by atoms with Gasteiger partial charge in [0.15, 0.2) is 0 Å². The van der Waals surface area contributed by atoms with Crippen LogP contribution in [-0.4, -0.2) is 17.3 Å². The highest BCUT2D eigenvalue weighted by Crippen LogP contribution is 2.37. The van der Waals surface area contributed by atoms with Crippen LogP contribution in [-0.2, 0) is 4.79 Å². The summed E-state index contributed by atoms with van der Waals surface area (Å²) in [7, 11) is 0. The summed E-state index contributed by atoms with van der Waals surface area (Å²) in [5.74, 6) is -0.833. The lowest BCUT2D eigenvalue weighted by atomic mass is 9.92. The molecule has 0 bridgehead atoms. The molecule has 0 fully saturated rings. The number of hydrogen-bond acceptors (Lipinski definition) is 2. The molecule has 3 heteroatoms. The molecule has 0 aromatic heterocycles. The molecule has 23 heavy (non-hydrogen) atoms. The van der Waals surface area contributed by atoms with Gasteiger partial charge in [0.25, 0.3) is 0 Å². The number of allylic oxidation sites excluding steroid dienone is 2.